The van der Waals surface area contributed by atoms with Crippen LogP contribution in [0, 0.1) is 0 Å². The minimum Gasteiger partial charge on any atom is -0.497 e. The number of esters is 1. The number of hydrogen-bond donors (Lipinski definition) is 0. The Morgan fingerprint density at radius 3 is 2.35 bits per heavy atom. The van der Waals surface area contributed by atoms with Crippen molar-refractivity contribution in [3.05, 3.63) is 53.2 Å². The predicted octanol–water partition coefficient (Wildman–Crippen LogP) is 3.30. The summed E-state index contributed by atoms with van der Waals surface area (Å²) in [5, 5.41) is 0. The molecule has 0 saturated heterocycles. The van der Waals surface area contributed by atoms with Crippen LogP contribution in [0.4, 0.5) is 0 Å². The largest absolute Gasteiger partial charge is 0.497 e. The number of cyclic esters (lactones) is 1. The number of methoxy groups -OCH3 is 2. The van der Waals surface area contributed by atoms with Crippen LogP contribution in [0.1, 0.15) is 25.0 Å². The lowest BCUT2D eigenvalue weighted by molar-refractivity contribution is -0.135. The van der Waals surface area contributed by atoms with Crippen molar-refractivity contribution in [2.45, 2.75) is 20.0 Å². The number of amides is 1. The Kier molecular flexibility index (Phi) is 7.78. The SMILES string of the molecule is CCOc1cc(/C=C2\N=C(c3cc(OC)cc(OC)c3)OC2=O)ccc1OC(C)C(=O)N(C)C. The Bertz CT molecular complexity index is 1120. The van der Waals surface area contributed by atoms with Crippen LogP contribution in [0.25, 0.3) is 6.08 Å². The molecule has 0 spiro atoms. The monoisotopic (exact) mass is 468 g/mol. The van der Waals surface area contributed by atoms with E-state index in [1.807, 2.05) is 6.92 Å². The third-order valence-electron chi connectivity index (χ3n) is 4.88. The Morgan fingerprint density at radius 1 is 1.09 bits per heavy atom. The van der Waals surface area contributed by atoms with Gasteiger partial charge in [-0.05, 0) is 49.8 Å². The zero-order valence-electron chi connectivity index (χ0n) is 20.1. The molecule has 9 heteroatoms. The van der Waals surface area contributed by atoms with Crippen molar-refractivity contribution >= 4 is 23.9 Å². The van der Waals surface area contributed by atoms with E-state index in [2.05, 4.69) is 4.99 Å². The normalized spacial score (nSPS) is 14.8. The first kappa shape index (κ1) is 24.6. The topological polar surface area (TPSA) is 95.9 Å². The molecule has 1 aliphatic rings. The third kappa shape index (κ3) is 5.67. The molecule has 2 aromatic rings. The molecule has 34 heavy (non-hydrogen) atoms. The molecule has 3 rings (SSSR count). The Balaban J connectivity index is 1.90. The average molecular weight is 469 g/mol. The van der Waals surface area contributed by atoms with Gasteiger partial charge in [0.15, 0.2) is 23.3 Å². The average Bonchev–Trinajstić information content (AvgIpc) is 3.19. The van der Waals surface area contributed by atoms with Crippen molar-refractivity contribution in [3.63, 3.8) is 0 Å². The number of carbonyl (C=O) groups is 2. The van der Waals surface area contributed by atoms with Crippen LogP contribution in [0.3, 0.4) is 0 Å². The number of likely N-dealkylation sites (N-methyl/N-ethyl adjacent to an activating group) is 1. The van der Waals surface area contributed by atoms with Crippen molar-refractivity contribution in [1.29, 1.82) is 0 Å². The summed E-state index contributed by atoms with van der Waals surface area (Å²) in [6.07, 6.45) is 0.906. The lowest BCUT2D eigenvalue weighted by Gasteiger charge is -2.20. The molecule has 2 aromatic carbocycles. The van der Waals surface area contributed by atoms with Crippen molar-refractivity contribution in [2.75, 3.05) is 34.9 Å². The van der Waals surface area contributed by atoms with Crippen molar-refractivity contribution in [2.24, 2.45) is 4.99 Å². The summed E-state index contributed by atoms with van der Waals surface area (Å²) in [6, 6.07) is 10.3. The molecule has 0 aliphatic carbocycles. The molecule has 0 aromatic heterocycles. The molecule has 1 unspecified atom stereocenters. The molecule has 9 nitrogen and oxygen atoms in total. The summed E-state index contributed by atoms with van der Waals surface area (Å²) in [4.78, 5) is 30.4. The van der Waals surface area contributed by atoms with Crippen LogP contribution in [-0.4, -0.2) is 63.7 Å². The number of hydrogen-bond acceptors (Lipinski definition) is 8. The lowest BCUT2D eigenvalue weighted by Crippen LogP contribution is -2.35. The fourth-order valence-corrected chi connectivity index (χ4v) is 3.21. The van der Waals surface area contributed by atoms with Gasteiger partial charge < -0.3 is 28.6 Å². The van der Waals surface area contributed by atoms with Crippen LogP contribution < -0.4 is 18.9 Å². The van der Waals surface area contributed by atoms with Gasteiger partial charge in [-0.1, -0.05) is 6.07 Å². The van der Waals surface area contributed by atoms with Crippen LogP contribution in [0.15, 0.2) is 47.1 Å². The number of nitrogens with zero attached hydrogens (tertiary/aromatic N) is 2. The van der Waals surface area contributed by atoms with Crippen LogP contribution in [-0.2, 0) is 14.3 Å². The Morgan fingerprint density at radius 2 is 1.76 bits per heavy atom. The molecular weight excluding hydrogens is 440 g/mol. The highest BCUT2D eigenvalue weighted by Gasteiger charge is 2.25. The van der Waals surface area contributed by atoms with Gasteiger partial charge in [-0.2, -0.15) is 0 Å². The zero-order valence-corrected chi connectivity index (χ0v) is 20.1. The molecular formula is C25H28N2O7. The van der Waals surface area contributed by atoms with E-state index in [4.69, 9.17) is 23.7 Å². The molecule has 0 bridgehead atoms. The number of aliphatic imine (C=N–C) groups is 1. The van der Waals surface area contributed by atoms with Crippen LogP contribution in [0.5, 0.6) is 23.0 Å². The fourth-order valence-electron chi connectivity index (χ4n) is 3.21. The first-order valence-corrected chi connectivity index (χ1v) is 10.7. The van der Waals surface area contributed by atoms with E-state index in [0.717, 1.165) is 0 Å². The summed E-state index contributed by atoms with van der Waals surface area (Å²) >= 11 is 0. The maximum atomic E-state index is 12.5. The highest BCUT2D eigenvalue weighted by molar-refractivity contribution is 6.13. The maximum Gasteiger partial charge on any atom is 0.363 e. The maximum absolute atomic E-state index is 12.5. The van der Waals surface area contributed by atoms with E-state index in [9.17, 15) is 9.59 Å². The van der Waals surface area contributed by atoms with Crippen LogP contribution in [0.2, 0.25) is 0 Å². The second-order valence-corrected chi connectivity index (χ2v) is 7.57. The van der Waals surface area contributed by atoms with Gasteiger partial charge in [0.25, 0.3) is 5.91 Å². The molecule has 0 saturated carbocycles. The number of rotatable bonds is 9. The van der Waals surface area contributed by atoms with E-state index in [1.54, 1.807) is 63.5 Å². The van der Waals surface area contributed by atoms with E-state index in [-0.39, 0.29) is 17.5 Å². The van der Waals surface area contributed by atoms with Gasteiger partial charge in [-0.15, -0.1) is 0 Å². The smallest absolute Gasteiger partial charge is 0.363 e. The highest BCUT2D eigenvalue weighted by Crippen LogP contribution is 2.32. The van der Waals surface area contributed by atoms with Gasteiger partial charge in [0, 0.05) is 25.7 Å². The summed E-state index contributed by atoms with van der Waals surface area (Å²) in [7, 11) is 6.40. The molecule has 0 fully saturated rings. The van der Waals surface area contributed by atoms with Gasteiger partial charge in [0.1, 0.15) is 11.5 Å². The zero-order chi connectivity index (χ0) is 24.8. The minimum absolute atomic E-state index is 0.129. The number of carbonyl (C=O) groups excluding carboxylic acids is 2. The first-order chi connectivity index (χ1) is 16.2. The lowest BCUT2D eigenvalue weighted by atomic mass is 10.1. The van der Waals surface area contributed by atoms with Crippen molar-refractivity contribution in [3.8, 4) is 23.0 Å². The number of benzene rings is 2. The van der Waals surface area contributed by atoms with E-state index < -0.39 is 12.1 Å². The number of ether oxygens (including phenoxy) is 5. The van der Waals surface area contributed by atoms with E-state index in [0.29, 0.717) is 40.7 Å². The van der Waals surface area contributed by atoms with Crippen molar-refractivity contribution < 1.29 is 33.3 Å². The second-order valence-electron chi connectivity index (χ2n) is 7.57. The quantitative estimate of drug-likeness (QED) is 0.412. The summed E-state index contributed by atoms with van der Waals surface area (Å²) in [6.45, 7) is 3.91. The standard InChI is InChI=1S/C25H28N2O7/c1-7-32-22-11-16(8-9-21(22)33-15(2)24(28)27(3)4)10-20-25(29)34-23(26-20)17-12-18(30-5)14-19(13-17)31-6/h8-15H,7H2,1-6H3/b20-10-. The molecule has 1 aliphatic heterocycles. The van der Waals surface area contributed by atoms with Crippen LogP contribution >= 0.6 is 0 Å². The predicted molar refractivity (Wildman–Crippen MR) is 127 cm³/mol. The van der Waals surface area contributed by atoms with Gasteiger partial charge in [-0.25, -0.2) is 9.79 Å². The van der Waals surface area contributed by atoms with Gasteiger partial charge >= 0.3 is 5.97 Å². The summed E-state index contributed by atoms with van der Waals surface area (Å²) < 4.78 is 27.4. The summed E-state index contributed by atoms with van der Waals surface area (Å²) in [5.41, 5.74) is 1.33. The van der Waals surface area contributed by atoms with Gasteiger partial charge in [-0.3, -0.25) is 4.79 Å². The second kappa shape index (κ2) is 10.7. The molecule has 1 atom stereocenters. The molecule has 1 heterocycles. The fraction of sp³-hybridized carbons (Fsp3) is 0.320. The summed E-state index contributed by atoms with van der Waals surface area (Å²) in [5.74, 6) is 1.36. The van der Waals surface area contributed by atoms with E-state index in [1.165, 1.54) is 19.1 Å². The third-order valence-corrected chi connectivity index (χ3v) is 4.88. The van der Waals surface area contributed by atoms with Crippen molar-refractivity contribution in [1.82, 2.24) is 4.90 Å². The molecule has 0 N–H and O–H groups in total. The van der Waals surface area contributed by atoms with Gasteiger partial charge in [0.05, 0.1) is 20.8 Å². The molecule has 180 valence electrons. The highest BCUT2D eigenvalue weighted by atomic mass is 16.6. The minimum atomic E-state index is -0.685. The van der Waals surface area contributed by atoms with E-state index >= 15 is 0 Å². The first-order valence-electron chi connectivity index (χ1n) is 10.7. The Hall–Kier alpha value is -4.01. The molecule has 1 amide bonds. The Labute approximate surface area is 198 Å². The van der Waals surface area contributed by atoms with Gasteiger partial charge in [0.2, 0.25) is 5.90 Å². The molecule has 0 radical (unpaired) electrons.